The summed E-state index contributed by atoms with van der Waals surface area (Å²) in [6.07, 6.45) is 1.50. The van der Waals surface area contributed by atoms with Crippen molar-refractivity contribution >= 4 is 5.82 Å². The Bertz CT molecular complexity index is 302. The van der Waals surface area contributed by atoms with Gasteiger partial charge in [0.25, 0.3) is 0 Å². The minimum atomic E-state index is 0.588. The number of nitrogens with one attached hydrogen (secondary N) is 1. The molecule has 0 aromatic carbocycles. The first kappa shape index (κ1) is 11.8. The molecule has 15 heavy (non-hydrogen) atoms. The van der Waals surface area contributed by atoms with Gasteiger partial charge in [0, 0.05) is 12.6 Å². The number of methoxy groups -OCH3 is 1. The molecule has 0 bridgehead atoms. The largest absolute Gasteiger partial charge is 0.481 e. The maximum Gasteiger partial charge on any atom is 0.218 e. The van der Waals surface area contributed by atoms with Crippen LogP contribution in [0.15, 0.2) is 12.4 Å². The zero-order valence-electron chi connectivity index (χ0n) is 9.82. The molecule has 1 rings (SSSR count). The van der Waals surface area contributed by atoms with Crippen molar-refractivity contribution in [3.05, 3.63) is 12.4 Å². The van der Waals surface area contributed by atoms with Gasteiger partial charge in [0.1, 0.15) is 12.1 Å². The minimum Gasteiger partial charge on any atom is -0.481 e. The van der Waals surface area contributed by atoms with Crippen LogP contribution in [0.25, 0.3) is 0 Å². The molecule has 0 saturated heterocycles. The second kappa shape index (κ2) is 5.53. The van der Waals surface area contributed by atoms with Crippen LogP contribution in [0.5, 0.6) is 5.88 Å². The van der Waals surface area contributed by atoms with E-state index in [9.17, 15) is 0 Å². The van der Waals surface area contributed by atoms with Crippen LogP contribution in [0.4, 0.5) is 5.82 Å². The Morgan fingerprint density at radius 2 is 2.07 bits per heavy atom. The van der Waals surface area contributed by atoms with E-state index < -0.39 is 0 Å². The number of aromatic nitrogens is 2. The van der Waals surface area contributed by atoms with Crippen LogP contribution in [0, 0.1) is 11.8 Å². The highest BCUT2D eigenvalue weighted by molar-refractivity contribution is 5.36. The van der Waals surface area contributed by atoms with Gasteiger partial charge >= 0.3 is 0 Å². The second-order valence-electron chi connectivity index (χ2n) is 4.05. The van der Waals surface area contributed by atoms with Crippen LogP contribution in [0.3, 0.4) is 0 Å². The number of anilines is 1. The van der Waals surface area contributed by atoms with E-state index in [1.54, 1.807) is 13.2 Å². The molecule has 0 fully saturated rings. The summed E-state index contributed by atoms with van der Waals surface area (Å²) < 4.78 is 5.02. The van der Waals surface area contributed by atoms with Gasteiger partial charge in [0.2, 0.25) is 5.88 Å². The third-order valence-corrected chi connectivity index (χ3v) is 2.59. The molecule has 1 aromatic heterocycles. The molecule has 1 unspecified atom stereocenters. The van der Waals surface area contributed by atoms with Crippen LogP contribution in [0.2, 0.25) is 0 Å². The fraction of sp³-hybridized carbons (Fsp3) is 0.636. The predicted molar refractivity (Wildman–Crippen MR) is 61.1 cm³/mol. The van der Waals surface area contributed by atoms with E-state index in [0.29, 0.717) is 17.7 Å². The number of hydrogen-bond acceptors (Lipinski definition) is 4. The smallest absolute Gasteiger partial charge is 0.218 e. The molecule has 0 aliphatic rings. The third-order valence-electron chi connectivity index (χ3n) is 2.59. The van der Waals surface area contributed by atoms with Crippen LogP contribution < -0.4 is 10.1 Å². The predicted octanol–water partition coefficient (Wildman–Crippen LogP) is 2.19. The fourth-order valence-corrected chi connectivity index (χ4v) is 1.05. The maximum absolute atomic E-state index is 5.02. The lowest BCUT2D eigenvalue weighted by Gasteiger charge is -2.16. The van der Waals surface area contributed by atoms with E-state index in [2.05, 4.69) is 36.1 Å². The zero-order valence-corrected chi connectivity index (χ0v) is 9.82. The summed E-state index contributed by atoms with van der Waals surface area (Å²) in [7, 11) is 1.60. The molecular formula is C11H19N3O. The van der Waals surface area contributed by atoms with Gasteiger partial charge in [0.05, 0.1) is 7.11 Å². The molecular weight excluding hydrogens is 190 g/mol. The Hall–Kier alpha value is -1.32. The van der Waals surface area contributed by atoms with Crippen LogP contribution in [-0.2, 0) is 0 Å². The number of nitrogens with zero attached hydrogens (tertiary/aromatic N) is 2. The van der Waals surface area contributed by atoms with Gasteiger partial charge < -0.3 is 10.1 Å². The van der Waals surface area contributed by atoms with Gasteiger partial charge in [-0.1, -0.05) is 20.8 Å². The molecule has 0 aliphatic heterocycles. The molecule has 1 aromatic rings. The van der Waals surface area contributed by atoms with Crippen molar-refractivity contribution in [1.82, 2.24) is 9.97 Å². The average molecular weight is 209 g/mol. The van der Waals surface area contributed by atoms with E-state index in [1.807, 2.05) is 0 Å². The monoisotopic (exact) mass is 209 g/mol. The first-order valence-electron chi connectivity index (χ1n) is 5.23. The normalized spacial score (nSPS) is 12.6. The van der Waals surface area contributed by atoms with Gasteiger partial charge in [-0.05, 0) is 11.8 Å². The highest BCUT2D eigenvalue weighted by Crippen LogP contribution is 2.13. The van der Waals surface area contributed by atoms with Crippen LogP contribution in [0.1, 0.15) is 20.8 Å². The van der Waals surface area contributed by atoms with Gasteiger partial charge in [0.15, 0.2) is 0 Å². The molecule has 0 spiro atoms. The fourth-order valence-electron chi connectivity index (χ4n) is 1.05. The SMILES string of the molecule is COc1cc(NCC(C)C(C)C)ncn1. The van der Waals surface area contributed by atoms with Gasteiger partial charge in [-0.2, -0.15) is 0 Å². The molecule has 4 heteroatoms. The third kappa shape index (κ3) is 3.73. The van der Waals surface area contributed by atoms with E-state index in [-0.39, 0.29) is 0 Å². The van der Waals surface area contributed by atoms with Crippen molar-refractivity contribution < 1.29 is 4.74 Å². The summed E-state index contributed by atoms with van der Waals surface area (Å²) in [5, 5.41) is 3.27. The van der Waals surface area contributed by atoms with E-state index in [1.165, 1.54) is 6.33 Å². The Balaban J connectivity index is 2.50. The summed E-state index contributed by atoms with van der Waals surface area (Å²) in [6.45, 7) is 7.56. The summed E-state index contributed by atoms with van der Waals surface area (Å²) in [5.41, 5.74) is 0. The van der Waals surface area contributed by atoms with Crippen LogP contribution in [-0.4, -0.2) is 23.6 Å². The second-order valence-corrected chi connectivity index (χ2v) is 4.05. The van der Waals surface area contributed by atoms with Crippen molar-refractivity contribution in [3.8, 4) is 5.88 Å². The first-order valence-corrected chi connectivity index (χ1v) is 5.23. The Morgan fingerprint density at radius 3 is 2.67 bits per heavy atom. The van der Waals surface area contributed by atoms with Crippen LogP contribution >= 0.6 is 0 Å². The minimum absolute atomic E-state index is 0.588. The van der Waals surface area contributed by atoms with Crippen molar-refractivity contribution in [2.24, 2.45) is 11.8 Å². The topological polar surface area (TPSA) is 47.0 Å². The van der Waals surface area contributed by atoms with Crippen molar-refractivity contribution in [2.75, 3.05) is 19.0 Å². The van der Waals surface area contributed by atoms with Crippen molar-refractivity contribution in [2.45, 2.75) is 20.8 Å². The molecule has 0 radical (unpaired) electrons. The lowest BCUT2D eigenvalue weighted by molar-refractivity contribution is 0.397. The quantitative estimate of drug-likeness (QED) is 0.807. The average Bonchev–Trinajstić information content (AvgIpc) is 2.26. The molecule has 1 atom stereocenters. The molecule has 0 saturated carbocycles. The Labute approximate surface area is 91.1 Å². The molecule has 0 amide bonds. The molecule has 0 aliphatic carbocycles. The zero-order chi connectivity index (χ0) is 11.3. The first-order chi connectivity index (χ1) is 7.13. The van der Waals surface area contributed by atoms with Gasteiger partial charge in [-0.25, -0.2) is 9.97 Å². The van der Waals surface area contributed by atoms with Gasteiger partial charge in [-0.15, -0.1) is 0 Å². The molecule has 4 nitrogen and oxygen atoms in total. The van der Waals surface area contributed by atoms with Crippen molar-refractivity contribution in [3.63, 3.8) is 0 Å². The van der Waals surface area contributed by atoms with Gasteiger partial charge in [-0.3, -0.25) is 0 Å². The van der Waals surface area contributed by atoms with Crippen molar-refractivity contribution in [1.29, 1.82) is 0 Å². The standard InChI is InChI=1S/C11H19N3O/c1-8(2)9(3)6-12-10-5-11(15-4)14-7-13-10/h5,7-9H,6H2,1-4H3,(H,12,13,14). The molecule has 1 N–H and O–H groups in total. The van der Waals surface area contributed by atoms with E-state index in [0.717, 1.165) is 12.4 Å². The Morgan fingerprint density at radius 1 is 1.33 bits per heavy atom. The number of rotatable bonds is 5. The highest BCUT2D eigenvalue weighted by atomic mass is 16.5. The summed E-state index contributed by atoms with van der Waals surface area (Å²) in [4.78, 5) is 8.06. The maximum atomic E-state index is 5.02. The Kier molecular flexibility index (Phi) is 4.34. The summed E-state index contributed by atoms with van der Waals surface area (Å²) in [5.74, 6) is 2.69. The summed E-state index contributed by atoms with van der Waals surface area (Å²) in [6, 6.07) is 1.80. The lowest BCUT2D eigenvalue weighted by Crippen LogP contribution is -2.16. The molecule has 1 heterocycles. The highest BCUT2D eigenvalue weighted by Gasteiger charge is 2.07. The van der Waals surface area contributed by atoms with E-state index in [4.69, 9.17) is 4.74 Å². The molecule has 84 valence electrons. The van der Waals surface area contributed by atoms with E-state index >= 15 is 0 Å². The lowest BCUT2D eigenvalue weighted by atomic mass is 9.98. The number of ether oxygens (including phenoxy) is 1. The number of hydrogen-bond donors (Lipinski definition) is 1. The summed E-state index contributed by atoms with van der Waals surface area (Å²) >= 11 is 0.